The Hall–Kier alpha value is -2.20. The van der Waals surface area contributed by atoms with Crippen LogP contribution in [0.25, 0.3) is 0 Å². The first kappa shape index (κ1) is 20.1. The molecule has 0 aliphatic carbocycles. The first-order valence-corrected chi connectivity index (χ1v) is 10.3. The highest BCUT2D eigenvalue weighted by Crippen LogP contribution is 2.42. The Balaban J connectivity index is 1.83. The van der Waals surface area contributed by atoms with Crippen LogP contribution in [0.3, 0.4) is 0 Å². The highest BCUT2D eigenvalue weighted by molar-refractivity contribution is 8.00. The molecule has 0 saturated carbocycles. The Bertz CT molecular complexity index is 1010. The molecule has 1 aromatic heterocycles. The Morgan fingerprint density at radius 3 is 2.55 bits per heavy atom. The molecule has 1 amide bonds. The van der Waals surface area contributed by atoms with Gasteiger partial charge in [-0.1, -0.05) is 0 Å². The molecule has 3 heterocycles. The summed E-state index contributed by atoms with van der Waals surface area (Å²) in [6.45, 7) is 4.38. The standard InChI is InChI=1S/C19H20F3N3O3S/c1-19(2)7-10(3-4-28-19)25-17-14(18(27)24-25)16(29-8-13(26)23-17)9-5-11(20)15(22)12(21)6-9/h5-6,10,16H,3-4,7-8H2,1-2H3,(H,23,26)(H,24,27)/t10-,16-/m1/s1. The molecule has 6 nitrogen and oxygen atoms in total. The van der Waals surface area contributed by atoms with Gasteiger partial charge < -0.3 is 10.1 Å². The smallest absolute Gasteiger partial charge is 0.270 e. The average molecular weight is 427 g/mol. The Labute approximate surface area is 168 Å². The fraction of sp³-hybridized carbons (Fsp3) is 0.474. The number of hydrogen-bond acceptors (Lipinski definition) is 4. The zero-order valence-corrected chi connectivity index (χ0v) is 16.7. The molecule has 0 unspecified atom stereocenters. The van der Waals surface area contributed by atoms with Gasteiger partial charge in [-0.3, -0.25) is 19.4 Å². The molecular weight excluding hydrogens is 407 g/mol. The van der Waals surface area contributed by atoms with Gasteiger partial charge in [0.25, 0.3) is 5.56 Å². The third-order valence-corrected chi connectivity index (χ3v) is 6.48. The van der Waals surface area contributed by atoms with Crippen LogP contribution in [0.1, 0.15) is 49.1 Å². The molecule has 4 rings (SSSR count). The molecule has 0 spiro atoms. The number of nitrogens with zero attached hydrogens (tertiary/aromatic N) is 1. The van der Waals surface area contributed by atoms with Gasteiger partial charge in [0.1, 0.15) is 5.82 Å². The van der Waals surface area contributed by atoms with Crippen LogP contribution >= 0.6 is 11.8 Å². The quantitative estimate of drug-likeness (QED) is 0.720. The minimum absolute atomic E-state index is 0.0152. The monoisotopic (exact) mass is 427 g/mol. The zero-order valence-electron chi connectivity index (χ0n) is 15.9. The van der Waals surface area contributed by atoms with Gasteiger partial charge >= 0.3 is 0 Å². The molecular formula is C19H20F3N3O3S. The van der Waals surface area contributed by atoms with E-state index in [9.17, 15) is 22.8 Å². The summed E-state index contributed by atoms with van der Waals surface area (Å²) < 4.78 is 48.4. The van der Waals surface area contributed by atoms with Gasteiger partial charge in [-0.15, -0.1) is 11.8 Å². The van der Waals surface area contributed by atoms with Gasteiger partial charge in [0.15, 0.2) is 17.5 Å². The van der Waals surface area contributed by atoms with E-state index in [4.69, 9.17) is 4.74 Å². The van der Waals surface area contributed by atoms with Crippen molar-refractivity contribution in [1.82, 2.24) is 9.78 Å². The number of rotatable bonds is 2. The van der Waals surface area contributed by atoms with Crippen LogP contribution < -0.4 is 10.9 Å². The van der Waals surface area contributed by atoms with E-state index >= 15 is 0 Å². The van der Waals surface area contributed by atoms with Crippen molar-refractivity contribution in [2.24, 2.45) is 0 Å². The number of aromatic nitrogens is 2. The minimum Gasteiger partial charge on any atom is -0.375 e. The van der Waals surface area contributed by atoms with Crippen LogP contribution in [0, 0.1) is 17.5 Å². The largest absolute Gasteiger partial charge is 0.375 e. The number of fused-ring (bicyclic) bond motifs is 1. The Morgan fingerprint density at radius 2 is 1.90 bits per heavy atom. The number of benzene rings is 1. The molecule has 0 bridgehead atoms. The van der Waals surface area contributed by atoms with Crippen molar-refractivity contribution in [1.29, 1.82) is 0 Å². The second-order valence-electron chi connectivity index (χ2n) is 7.87. The summed E-state index contributed by atoms with van der Waals surface area (Å²) in [7, 11) is 0. The first-order chi connectivity index (χ1) is 13.7. The maximum absolute atomic E-state index is 13.8. The van der Waals surface area contributed by atoms with Crippen LogP contribution in [-0.2, 0) is 9.53 Å². The molecule has 29 heavy (non-hydrogen) atoms. The molecule has 2 aliphatic rings. The van der Waals surface area contributed by atoms with Crippen molar-refractivity contribution in [3.05, 3.63) is 51.1 Å². The van der Waals surface area contributed by atoms with E-state index < -0.39 is 33.9 Å². The number of halogens is 3. The number of amides is 1. The van der Waals surface area contributed by atoms with E-state index in [1.54, 1.807) is 4.68 Å². The lowest BCUT2D eigenvalue weighted by Crippen LogP contribution is -2.36. The van der Waals surface area contributed by atoms with Crippen molar-refractivity contribution in [2.75, 3.05) is 17.7 Å². The summed E-state index contributed by atoms with van der Waals surface area (Å²) in [6.07, 6.45) is 1.24. The number of ether oxygens (including phenoxy) is 1. The summed E-state index contributed by atoms with van der Waals surface area (Å²) in [5, 5.41) is 4.69. The van der Waals surface area contributed by atoms with Crippen LogP contribution in [0.4, 0.5) is 19.0 Å². The number of anilines is 1. The molecule has 2 atom stereocenters. The summed E-state index contributed by atoms with van der Waals surface area (Å²) >= 11 is 1.06. The van der Waals surface area contributed by atoms with Gasteiger partial charge in [-0.25, -0.2) is 13.2 Å². The van der Waals surface area contributed by atoms with E-state index in [1.807, 2.05) is 13.8 Å². The van der Waals surface area contributed by atoms with Crippen LogP contribution in [0.5, 0.6) is 0 Å². The molecule has 2 N–H and O–H groups in total. The van der Waals surface area contributed by atoms with E-state index in [0.717, 1.165) is 23.9 Å². The predicted octanol–water partition coefficient (Wildman–Crippen LogP) is 3.50. The zero-order chi connectivity index (χ0) is 20.9. The number of carbonyl (C=O) groups excluding carboxylic acids is 1. The Morgan fingerprint density at radius 1 is 1.21 bits per heavy atom. The van der Waals surface area contributed by atoms with E-state index in [0.29, 0.717) is 19.4 Å². The van der Waals surface area contributed by atoms with E-state index in [-0.39, 0.29) is 34.6 Å². The summed E-state index contributed by atoms with van der Waals surface area (Å²) in [5.41, 5.74) is -0.590. The topological polar surface area (TPSA) is 76.1 Å². The van der Waals surface area contributed by atoms with Crippen molar-refractivity contribution in [2.45, 2.75) is 43.6 Å². The number of nitrogens with one attached hydrogen (secondary N) is 2. The minimum atomic E-state index is -1.57. The first-order valence-electron chi connectivity index (χ1n) is 9.20. The SMILES string of the molecule is CC1(C)C[C@H](n2[nH]c(=O)c3c2NC(=O)CS[C@@H]3c2cc(F)c(F)c(F)c2)CCO1. The van der Waals surface area contributed by atoms with Crippen molar-refractivity contribution in [3.63, 3.8) is 0 Å². The Kier molecular flexibility index (Phi) is 5.02. The van der Waals surface area contributed by atoms with Crippen molar-refractivity contribution in [3.8, 4) is 0 Å². The summed E-state index contributed by atoms with van der Waals surface area (Å²) in [6, 6.07) is 1.61. The molecule has 0 radical (unpaired) electrons. The normalized spacial score (nSPS) is 24.0. The van der Waals surface area contributed by atoms with Gasteiger partial charge in [-0.2, -0.15) is 0 Å². The van der Waals surface area contributed by atoms with Crippen LogP contribution in [-0.4, -0.2) is 33.6 Å². The highest BCUT2D eigenvalue weighted by atomic mass is 32.2. The van der Waals surface area contributed by atoms with Gasteiger partial charge in [0.2, 0.25) is 5.91 Å². The second-order valence-corrected chi connectivity index (χ2v) is 8.96. The van der Waals surface area contributed by atoms with E-state index in [2.05, 4.69) is 10.4 Å². The number of H-pyrrole nitrogens is 1. The molecule has 1 aromatic carbocycles. The lowest BCUT2D eigenvalue weighted by atomic mass is 9.94. The highest BCUT2D eigenvalue weighted by Gasteiger charge is 2.36. The molecule has 10 heteroatoms. The molecule has 1 saturated heterocycles. The van der Waals surface area contributed by atoms with Crippen LogP contribution in [0.15, 0.2) is 16.9 Å². The fourth-order valence-electron chi connectivity index (χ4n) is 3.93. The number of thioether (sulfide) groups is 1. The second kappa shape index (κ2) is 7.24. The van der Waals surface area contributed by atoms with Gasteiger partial charge in [0.05, 0.1) is 28.2 Å². The average Bonchev–Trinajstić information content (AvgIpc) is 2.84. The predicted molar refractivity (Wildman–Crippen MR) is 103 cm³/mol. The summed E-state index contributed by atoms with van der Waals surface area (Å²) in [5.74, 6) is -4.32. The van der Waals surface area contributed by atoms with Crippen molar-refractivity contribution < 1.29 is 22.7 Å². The molecule has 156 valence electrons. The van der Waals surface area contributed by atoms with Crippen molar-refractivity contribution >= 4 is 23.5 Å². The number of carbonyl (C=O) groups is 1. The maximum atomic E-state index is 13.8. The maximum Gasteiger partial charge on any atom is 0.270 e. The lowest BCUT2D eigenvalue weighted by molar-refractivity contribution is -0.113. The molecule has 2 aromatic rings. The third-order valence-electron chi connectivity index (χ3n) is 5.21. The molecule has 2 aliphatic heterocycles. The van der Waals surface area contributed by atoms with E-state index in [1.165, 1.54) is 0 Å². The van der Waals surface area contributed by atoms with Crippen LogP contribution in [0.2, 0.25) is 0 Å². The molecule has 1 fully saturated rings. The summed E-state index contributed by atoms with van der Waals surface area (Å²) in [4.78, 5) is 25.1. The number of hydrogen-bond donors (Lipinski definition) is 2. The lowest BCUT2D eigenvalue weighted by Gasteiger charge is -2.36. The number of aromatic amines is 1. The third kappa shape index (κ3) is 3.71. The fourth-order valence-corrected chi connectivity index (χ4v) is 5.03. The van der Waals surface area contributed by atoms with Gasteiger partial charge in [0, 0.05) is 6.61 Å². The van der Waals surface area contributed by atoms with Gasteiger partial charge in [-0.05, 0) is 44.4 Å².